The second-order valence-electron chi connectivity index (χ2n) is 4.31. The monoisotopic (exact) mass is 273 g/mol. The number of hydrogen-bond donors (Lipinski definition) is 1. The molecule has 1 N–H and O–H groups in total. The van der Waals surface area contributed by atoms with E-state index in [9.17, 15) is 0 Å². The molecule has 0 spiro atoms. The molecule has 94 valence electrons. The number of hydrogen-bond acceptors (Lipinski definition) is 2. The van der Waals surface area contributed by atoms with Crippen molar-refractivity contribution in [3.8, 4) is 0 Å². The minimum Gasteiger partial charge on any atom is -0.376 e. The third kappa shape index (κ3) is 2.94. The summed E-state index contributed by atoms with van der Waals surface area (Å²) in [5, 5.41) is 4.51. The van der Waals surface area contributed by atoms with Gasteiger partial charge in [-0.25, -0.2) is 0 Å². The molecule has 2 atom stereocenters. The molecule has 1 fully saturated rings. The average molecular weight is 274 g/mol. The lowest BCUT2D eigenvalue weighted by Gasteiger charge is -2.31. The molecule has 2 unspecified atom stereocenters. The molecule has 1 aromatic carbocycles. The highest BCUT2D eigenvalue weighted by atomic mass is 35.5. The van der Waals surface area contributed by atoms with Crippen LogP contribution >= 0.6 is 23.2 Å². The second kappa shape index (κ2) is 6.05. The third-order valence-corrected chi connectivity index (χ3v) is 4.05. The molecule has 17 heavy (non-hydrogen) atoms. The van der Waals surface area contributed by atoms with Crippen LogP contribution in [0.25, 0.3) is 0 Å². The van der Waals surface area contributed by atoms with Crippen molar-refractivity contribution >= 4 is 23.2 Å². The third-order valence-electron chi connectivity index (χ3n) is 3.21. The predicted molar refractivity (Wildman–Crippen MR) is 71.9 cm³/mol. The zero-order valence-electron chi connectivity index (χ0n) is 9.88. The molecule has 1 aliphatic rings. The highest BCUT2D eigenvalue weighted by Gasteiger charge is 2.26. The second-order valence-corrected chi connectivity index (χ2v) is 5.10. The number of likely N-dealkylation sites (N-methyl/N-ethyl adjacent to an activating group) is 1. The minimum absolute atomic E-state index is 0.113. The lowest BCUT2D eigenvalue weighted by Crippen LogP contribution is -2.34. The van der Waals surface area contributed by atoms with Crippen LogP contribution in [-0.4, -0.2) is 19.8 Å². The minimum atomic E-state index is 0.113. The molecular weight excluding hydrogens is 257 g/mol. The molecule has 0 aliphatic carbocycles. The van der Waals surface area contributed by atoms with E-state index in [0.717, 1.165) is 25.0 Å². The molecule has 1 heterocycles. The summed E-state index contributed by atoms with van der Waals surface area (Å²) in [6.07, 6.45) is 3.61. The van der Waals surface area contributed by atoms with Gasteiger partial charge in [-0.3, -0.25) is 0 Å². The zero-order valence-corrected chi connectivity index (χ0v) is 11.4. The van der Waals surface area contributed by atoms with E-state index >= 15 is 0 Å². The van der Waals surface area contributed by atoms with Crippen molar-refractivity contribution in [1.82, 2.24) is 5.32 Å². The molecular formula is C13H17Cl2NO. The Hall–Kier alpha value is -0.280. The van der Waals surface area contributed by atoms with E-state index in [1.165, 1.54) is 6.42 Å². The molecule has 4 heteroatoms. The van der Waals surface area contributed by atoms with Crippen LogP contribution in [0.1, 0.15) is 30.9 Å². The quantitative estimate of drug-likeness (QED) is 0.904. The van der Waals surface area contributed by atoms with Gasteiger partial charge in [0.15, 0.2) is 0 Å². The summed E-state index contributed by atoms with van der Waals surface area (Å²) in [6, 6.07) is 5.85. The van der Waals surface area contributed by atoms with E-state index in [0.29, 0.717) is 10.0 Å². The molecule has 1 aliphatic heterocycles. The number of nitrogens with one attached hydrogen (secondary N) is 1. The first-order valence-corrected chi connectivity index (χ1v) is 6.72. The fourth-order valence-corrected chi connectivity index (χ4v) is 2.76. The van der Waals surface area contributed by atoms with Gasteiger partial charge < -0.3 is 10.1 Å². The van der Waals surface area contributed by atoms with Gasteiger partial charge >= 0.3 is 0 Å². The van der Waals surface area contributed by atoms with E-state index in [-0.39, 0.29) is 12.1 Å². The molecule has 0 bridgehead atoms. The van der Waals surface area contributed by atoms with Gasteiger partial charge in [0, 0.05) is 6.61 Å². The first-order chi connectivity index (χ1) is 8.24. The standard InChI is InChI=1S/C13H17Cl2NO/c1-16-13(11-7-2-3-8-17-11)9-5-4-6-10(14)12(9)15/h4-6,11,13,16H,2-3,7-8H2,1H3. The van der Waals surface area contributed by atoms with Gasteiger partial charge in [-0.2, -0.15) is 0 Å². The van der Waals surface area contributed by atoms with Crippen molar-refractivity contribution in [3.05, 3.63) is 33.8 Å². The van der Waals surface area contributed by atoms with Gasteiger partial charge in [-0.05, 0) is 37.9 Å². The molecule has 1 aromatic rings. The largest absolute Gasteiger partial charge is 0.376 e. The van der Waals surface area contributed by atoms with E-state index in [2.05, 4.69) is 5.32 Å². The van der Waals surface area contributed by atoms with E-state index < -0.39 is 0 Å². The van der Waals surface area contributed by atoms with Crippen molar-refractivity contribution in [2.24, 2.45) is 0 Å². The highest BCUT2D eigenvalue weighted by molar-refractivity contribution is 6.42. The van der Waals surface area contributed by atoms with Crippen LogP contribution in [0.5, 0.6) is 0 Å². The first-order valence-electron chi connectivity index (χ1n) is 5.97. The van der Waals surface area contributed by atoms with Crippen LogP contribution < -0.4 is 5.32 Å². The van der Waals surface area contributed by atoms with Crippen LogP contribution in [0.2, 0.25) is 10.0 Å². The predicted octanol–water partition coefficient (Wildman–Crippen LogP) is 3.82. The fourth-order valence-electron chi connectivity index (χ4n) is 2.33. The van der Waals surface area contributed by atoms with Crippen LogP contribution in [0, 0.1) is 0 Å². The Bertz CT molecular complexity index is 378. The summed E-state index contributed by atoms with van der Waals surface area (Å²) in [5.41, 5.74) is 1.02. The first kappa shape index (κ1) is 13.2. The van der Waals surface area contributed by atoms with Crippen molar-refractivity contribution in [2.75, 3.05) is 13.7 Å². The Morgan fingerprint density at radius 1 is 1.35 bits per heavy atom. The van der Waals surface area contributed by atoms with E-state index in [4.69, 9.17) is 27.9 Å². The maximum Gasteiger partial charge on any atom is 0.0770 e. The molecule has 0 amide bonds. The van der Waals surface area contributed by atoms with Crippen molar-refractivity contribution in [1.29, 1.82) is 0 Å². The number of ether oxygens (including phenoxy) is 1. The lowest BCUT2D eigenvalue weighted by atomic mass is 9.96. The Labute approximate surface area is 112 Å². The van der Waals surface area contributed by atoms with Crippen molar-refractivity contribution < 1.29 is 4.74 Å². The number of halogens is 2. The molecule has 2 nitrogen and oxygen atoms in total. The van der Waals surface area contributed by atoms with Crippen LogP contribution in [0.15, 0.2) is 18.2 Å². The van der Waals surface area contributed by atoms with Gasteiger partial charge in [0.1, 0.15) is 0 Å². The van der Waals surface area contributed by atoms with Crippen molar-refractivity contribution in [3.63, 3.8) is 0 Å². The highest BCUT2D eigenvalue weighted by Crippen LogP contribution is 2.34. The molecule has 0 aromatic heterocycles. The lowest BCUT2D eigenvalue weighted by molar-refractivity contribution is -0.00659. The Morgan fingerprint density at radius 2 is 2.18 bits per heavy atom. The SMILES string of the molecule is CNC(c1cccc(Cl)c1Cl)C1CCCCO1. The zero-order chi connectivity index (χ0) is 12.3. The number of benzene rings is 1. The molecule has 2 rings (SSSR count). The number of rotatable bonds is 3. The molecule has 0 radical (unpaired) electrons. The fraction of sp³-hybridized carbons (Fsp3) is 0.538. The van der Waals surface area contributed by atoms with Crippen LogP contribution in [0.4, 0.5) is 0 Å². The summed E-state index contributed by atoms with van der Waals surface area (Å²) >= 11 is 12.3. The van der Waals surface area contributed by atoms with Crippen molar-refractivity contribution in [2.45, 2.75) is 31.4 Å². The summed E-state index contributed by atoms with van der Waals surface area (Å²) in [5.74, 6) is 0. The van der Waals surface area contributed by atoms with E-state index in [1.807, 2.05) is 25.2 Å². The Morgan fingerprint density at radius 3 is 2.82 bits per heavy atom. The molecule has 0 saturated carbocycles. The average Bonchev–Trinajstić information content (AvgIpc) is 2.37. The topological polar surface area (TPSA) is 21.3 Å². The van der Waals surface area contributed by atoms with Gasteiger partial charge in [0.25, 0.3) is 0 Å². The van der Waals surface area contributed by atoms with Crippen LogP contribution in [0.3, 0.4) is 0 Å². The smallest absolute Gasteiger partial charge is 0.0770 e. The summed E-state index contributed by atoms with van der Waals surface area (Å²) in [6.45, 7) is 0.834. The Balaban J connectivity index is 2.24. The van der Waals surface area contributed by atoms with E-state index in [1.54, 1.807) is 0 Å². The van der Waals surface area contributed by atoms with Gasteiger partial charge in [-0.1, -0.05) is 35.3 Å². The summed E-state index contributed by atoms with van der Waals surface area (Å²) in [4.78, 5) is 0. The van der Waals surface area contributed by atoms with Gasteiger partial charge in [0.2, 0.25) is 0 Å². The molecule has 1 saturated heterocycles. The van der Waals surface area contributed by atoms with Gasteiger partial charge in [-0.15, -0.1) is 0 Å². The summed E-state index contributed by atoms with van der Waals surface area (Å²) in [7, 11) is 1.93. The maximum absolute atomic E-state index is 6.26. The van der Waals surface area contributed by atoms with Crippen LogP contribution in [-0.2, 0) is 4.74 Å². The Kier molecular flexibility index (Phi) is 4.69. The maximum atomic E-state index is 6.26. The summed E-state index contributed by atoms with van der Waals surface area (Å²) < 4.78 is 5.82. The normalized spacial score (nSPS) is 22.4. The van der Waals surface area contributed by atoms with Gasteiger partial charge in [0.05, 0.1) is 22.2 Å².